The van der Waals surface area contributed by atoms with E-state index in [2.05, 4.69) is 4.74 Å². The molecule has 1 heterocycles. The number of carbonyl (C=O) groups excluding carboxylic acids is 2. The van der Waals surface area contributed by atoms with Crippen molar-refractivity contribution < 1.29 is 78.0 Å². The number of ether oxygens (including phenoxy) is 1. The summed E-state index contributed by atoms with van der Waals surface area (Å²) < 4.78 is 67.9. The van der Waals surface area contributed by atoms with Gasteiger partial charge in [-0.25, -0.2) is 16.8 Å². The van der Waals surface area contributed by atoms with E-state index in [4.69, 9.17) is 0 Å². The SMILES string of the molecule is O=C1CC(CC(CS(=O)(=O)[O-])S(=O)(=O)[O-])C(=O)O1.[Li+].[Li+]. The van der Waals surface area contributed by atoms with Gasteiger partial charge in [-0.1, -0.05) is 0 Å². The van der Waals surface area contributed by atoms with Crippen LogP contribution in [0.2, 0.25) is 0 Å². The maximum atomic E-state index is 11.0. The fourth-order valence-electron chi connectivity index (χ4n) is 1.52. The summed E-state index contributed by atoms with van der Waals surface area (Å²) in [5.41, 5.74) is 0. The summed E-state index contributed by atoms with van der Waals surface area (Å²) in [6.45, 7) is 0. The molecule has 0 bridgehead atoms. The first kappa shape index (κ1) is 22.4. The molecule has 0 N–H and O–H groups in total. The molecule has 9 nitrogen and oxygen atoms in total. The van der Waals surface area contributed by atoms with Crippen molar-refractivity contribution in [1.29, 1.82) is 0 Å². The van der Waals surface area contributed by atoms with Crippen molar-refractivity contribution in [2.75, 3.05) is 5.75 Å². The smallest absolute Gasteiger partial charge is 0.748 e. The second-order valence-corrected chi connectivity index (χ2v) is 6.87. The van der Waals surface area contributed by atoms with Crippen molar-refractivity contribution in [2.24, 2.45) is 5.92 Å². The predicted octanol–water partition coefficient (Wildman–Crippen LogP) is -8.07. The van der Waals surface area contributed by atoms with Gasteiger partial charge in [0.1, 0.15) is 0 Å². The van der Waals surface area contributed by atoms with Crippen LogP contribution in [-0.2, 0) is 34.6 Å². The molecule has 1 rings (SSSR count). The zero-order chi connectivity index (χ0) is 14.1. The van der Waals surface area contributed by atoms with E-state index in [0.29, 0.717) is 0 Å². The van der Waals surface area contributed by atoms with Gasteiger partial charge in [0.15, 0.2) is 0 Å². The molecule has 0 radical (unpaired) electrons. The minimum Gasteiger partial charge on any atom is -0.748 e. The van der Waals surface area contributed by atoms with Gasteiger partial charge in [0.2, 0.25) is 0 Å². The maximum absolute atomic E-state index is 11.0. The molecule has 2 unspecified atom stereocenters. The Labute approximate surface area is 139 Å². The molecule has 1 saturated heterocycles. The van der Waals surface area contributed by atoms with Crippen LogP contribution in [0.5, 0.6) is 0 Å². The molecule has 1 aliphatic heterocycles. The van der Waals surface area contributed by atoms with Crippen LogP contribution < -0.4 is 37.7 Å². The van der Waals surface area contributed by atoms with Gasteiger partial charge < -0.3 is 13.8 Å². The molecule has 0 amide bonds. The summed E-state index contributed by atoms with van der Waals surface area (Å²) in [7, 11) is -10.0. The second-order valence-electron chi connectivity index (χ2n) is 3.77. The third-order valence-corrected chi connectivity index (χ3v) is 4.50. The third kappa shape index (κ3) is 7.25. The van der Waals surface area contributed by atoms with Crippen LogP contribution in [0.3, 0.4) is 0 Å². The summed E-state index contributed by atoms with van der Waals surface area (Å²) in [4.78, 5) is 21.8. The van der Waals surface area contributed by atoms with Crippen molar-refractivity contribution in [3.05, 3.63) is 0 Å². The standard InChI is InChI=1S/C7H10O9S2.2Li/c8-6-2-4(7(9)16-6)1-5(18(13,14)15)3-17(10,11)12;;/h4-5H,1-3H2,(H,10,11,12)(H,13,14,15);;/q;2*+1/p-2. The van der Waals surface area contributed by atoms with E-state index >= 15 is 0 Å². The van der Waals surface area contributed by atoms with Gasteiger partial charge in [-0.05, 0) is 6.42 Å². The van der Waals surface area contributed by atoms with E-state index in [1.165, 1.54) is 0 Å². The van der Waals surface area contributed by atoms with Gasteiger partial charge in [-0.15, -0.1) is 0 Å². The van der Waals surface area contributed by atoms with Crippen LogP contribution in [0.15, 0.2) is 0 Å². The first-order valence-electron chi connectivity index (χ1n) is 4.62. The predicted molar refractivity (Wildman–Crippen MR) is 51.9 cm³/mol. The molecule has 0 saturated carbocycles. The zero-order valence-corrected chi connectivity index (χ0v) is 12.4. The van der Waals surface area contributed by atoms with Gasteiger partial charge in [0.05, 0.1) is 43.6 Å². The van der Waals surface area contributed by atoms with Crippen molar-refractivity contribution in [1.82, 2.24) is 0 Å². The molecule has 13 heteroatoms. The van der Waals surface area contributed by atoms with Gasteiger partial charge in [0, 0.05) is 0 Å². The van der Waals surface area contributed by atoms with Crippen LogP contribution in [0.4, 0.5) is 0 Å². The monoisotopic (exact) mass is 314 g/mol. The average molecular weight is 314 g/mol. The molecule has 0 aromatic carbocycles. The van der Waals surface area contributed by atoms with E-state index in [1.54, 1.807) is 0 Å². The number of hydrogen-bond acceptors (Lipinski definition) is 9. The normalized spacial score (nSPS) is 20.6. The fourth-order valence-corrected chi connectivity index (χ4v) is 3.74. The number of rotatable bonds is 5. The van der Waals surface area contributed by atoms with E-state index < -0.39 is 61.9 Å². The fraction of sp³-hybridized carbons (Fsp3) is 0.714. The molecule has 0 aromatic rings. The second kappa shape index (κ2) is 7.96. The minimum absolute atomic E-state index is 0. The molecule has 2 atom stereocenters. The number of carbonyl (C=O) groups is 2. The van der Waals surface area contributed by atoms with Gasteiger partial charge in [-0.2, -0.15) is 0 Å². The number of cyclic esters (lactones) is 2. The Kier molecular flexibility index (Phi) is 8.93. The molecule has 0 aromatic heterocycles. The molecule has 0 spiro atoms. The van der Waals surface area contributed by atoms with Crippen molar-refractivity contribution in [2.45, 2.75) is 18.1 Å². The molecule has 1 aliphatic rings. The Hall–Kier alpha value is 0.155. The van der Waals surface area contributed by atoms with E-state index in [0.717, 1.165) is 0 Å². The van der Waals surface area contributed by atoms with Crippen molar-refractivity contribution in [3.63, 3.8) is 0 Å². The molecule has 0 aliphatic carbocycles. The van der Waals surface area contributed by atoms with Crippen LogP contribution in [0, 0.1) is 5.92 Å². The van der Waals surface area contributed by atoms with Gasteiger partial charge in [0.25, 0.3) is 0 Å². The Morgan fingerprint density at radius 2 is 1.65 bits per heavy atom. The van der Waals surface area contributed by atoms with Gasteiger partial charge >= 0.3 is 49.7 Å². The number of hydrogen-bond donors (Lipinski definition) is 0. The Morgan fingerprint density at radius 1 is 1.15 bits per heavy atom. The summed E-state index contributed by atoms with van der Waals surface area (Å²) in [5, 5.41) is -2.07. The molecule has 104 valence electrons. The third-order valence-electron chi connectivity index (χ3n) is 2.31. The Bertz CT molecular complexity index is 567. The topological polar surface area (TPSA) is 158 Å². The van der Waals surface area contributed by atoms with Crippen LogP contribution in [0.1, 0.15) is 12.8 Å². The minimum atomic E-state index is -5.07. The summed E-state index contributed by atoms with van der Waals surface area (Å²) in [6.07, 6.45) is -1.17. The van der Waals surface area contributed by atoms with E-state index in [-0.39, 0.29) is 37.7 Å². The average Bonchev–Trinajstić information content (AvgIpc) is 2.40. The first-order valence-corrected chi connectivity index (χ1v) is 7.66. The van der Waals surface area contributed by atoms with E-state index in [9.17, 15) is 35.5 Å². The molecule has 20 heavy (non-hydrogen) atoms. The zero-order valence-electron chi connectivity index (χ0n) is 10.8. The van der Waals surface area contributed by atoms with Crippen LogP contribution in [0.25, 0.3) is 0 Å². The quantitative estimate of drug-likeness (QED) is 0.208. The molecule has 1 fully saturated rings. The Balaban J connectivity index is 0. The van der Waals surface area contributed by atoms with Crippen molar-refractivity contribution in [3.8, 4) is 0 Å². The molecular formula is C7H8Li2O9S2. The van der Waals surface area contributed by atoms with Crippen molar-refractivity contribution >= 4 is 32.2 Å². The first-order chi connectivity index (χ1) is 7.99. The van der Waals surface area contributed by atoms with E-state index in [1.807, 2.05) is 0 Å². The van der Waals surface area contributed by atoms with Crippen LogP contribution >= 0.6 is 0 Å². The largest absolute Gasteiger partial charge is 1.00 e. The summed E-state index contributed by atoms with van der Waals surface area (Å²) >= 11 is 0. The van der Waals surface area contributed by atoms with Gasteiger partial charge in [-0.3, -0.25) is 9.59 Å². The summed E-state index contributed by atoms with van der Waals surface area (Å²) in [6, 6.07) is 0. The maximum Gasteiger partial charge on any atom is 1.00 e. The number of esters is 2. The Morgan fingerprint density at radius 3 is 1.95 bits per heavy atom. The molecular weight excluding hydrogens is 306 g/mol. The van der Waals surface area contributed by atoms with Crippen LogP contribution in [-0.4, -0.2) is 48.9 Å². The summed E-state index contributed by atoms with van der Waals surface area (Å²) in [5.74, 6) is -4.57.